The maximum Gasteiger partial charge on any atom is 0.292 e. The molecule has 0 aromatic carbocycles. The number of aromatic nitrogens is 5. The highest BCUT2D eigenvalue weighted by atomic mass is 16.6. The van der Waals surface area contributed by atoms with E-state index >= 15 is 0 Å². The Morgan fingerprint density at radius 2 is 2.44 bits per heavy atom. The van der Waals surface area contributed by atoms with Crippen molar-refractivity contribution in [3.05, 3.63) is 23.5 Å². The van der Waals surface area contributed by atoms with Gasteiger partial charge in [-0.15, -0.1) is 5.10 Å². The number of hydrogen-bond acceptors (Lipinski definition) is 9. The van der Waals surface area contributed by atoms with E-state index in [9.17, 15) is 4.79 Å². The lowest BCUT2D eigenvalue weighted by molar-refractivity contribution is 0.0941. The highest BCUT2D eigenvalue weighted by Crippen LogP contribution is 2.17. The third-order valence-corrected chi connectivity index (χ3v) is 3.69. The normalized spacial score (nSPS) is 17.2. The second-order valence-corrected chi connectivity index (χ2v) is 5.47. The molecule has 0 spiro atoms. The average molecular weight is 346 g/mol. The number of carbonyl (C=O) groups is 1. The molecule has 1 aliphatic rings. The van der Waals surface area contributed by atoms with Crippen LogP contribution in [0.25, 0.3) is 5.82 Å². The Labute approximate surface area is 142 Å². The van der Waals surface area contributed by atoms with Crippen LogP contribution in [0.2, 0.25) is 0 Å². The Hall–Kier alpha value is -3.08. The van der Waals surface area contributed by atoms with E-state index in [0.29, 0.717) is 11.6 Å². The number of nitrogens with one attached hydrogen (secondary N) is 1. The molecule has 2 aromatic rings. The zero-order valence-corrected chi connectivity index (χ0v) is 13.6. The molecule has 0 saturated heterocycles. The summed E-state index contributed by atoms with van der Waals surface area (Å²) >= 11 is 0. The molecule has 0 saturated carbocycles. The second kappa shape index (κ2) is 7.66. The average Bonchev–Trinajstić information content (AvgIpc) is 3.22. The zero-order valence-electron chi connectivity index (χ0n) is 13.6. The van der Waals surface area contributed by atoms with E-state index in [4.69, 9.17) is 10.5 Å². The molecule has 0 aliphatic heterocycles. The summed E-state index contributed by atoms with van der Waals surface area (Å²) in [6.07, 6.45) is 8.91. The van der Waals surface area contributed by atoms with Gasteiger partial charge >= 0.3 is 0 Å². The molecule has 11 heteroatoms. The van der Waals surface area contributed by atoms with Crippen LogP contribution in [0, 0.1) is 5.92 Å². The predicted octanol–water partition coefficient (Wildman–Crippen LogP) is 0.451. The predicted molar refractivity (Wildman–Crippen MR) is 86.8 cm³/mol. The minimum Gasteiger partial charge on any atom is -0.378 e. The van der Waals surface area contributed by atoms with Crippen LogP contribution < -0.4 is 11.2 Å². The van der Waals surface area contributed by atoms with Crippen molar-refractivity contribution in [1.29, 1.82) is 0 Å². The van der Waals surface area contributed by atoms with Crippen LogP contribution in [0.3, 0.4) is 0 Å². The molecule has 0 radical (unpaired) electrons. The first kappa shape index (κ1) is 16.8. The molecule has 1 aliphatic carbocycles. The number of amides is 1. The summed E-state index contributed by atoms with van der Waals surface area (Å²) in [6.45, 7) is 0.0884. The molecule has 3 rings (SSSR count). The maximum atomic E-state index is 12.6. The van der Waals surface area contributed by atoms with Crippen molar-refractivity contribution >= 4 is 17.9 Å². The van der Waals surface area contributed by atoms with Crippen LogP contribution in [-0.4, -0.2) is 44.5 Å². The van der Waals surface area contributed by atoms with Crippen LogP contribution >= 0.6 is 0 Å². The van der Waals surface area contributed by atoms with Gasteiger partial charge in [0.2, 0.25) is 11.6 Å². The molecule has 25 heavy (non-hydrogen) atoms. The topological polar surface area (TPSA) is 146 Å². The molecule has 0 bridgehead atoms. The van der Waals surface area contributed by atoms with Crippen LogP contribution in [0.5, 0.6) is 0 Å². The monoisotopic (exact) mass is 346 g/mol. The lowest BCUT2D eigenvalue weighted by Gasteiger charge is -2.11. The Morgan fingerprint density at radius 1 is 1.56 bits per heavy atom. The number of nitrogens with zero attached hydrogens (tertiary/aromatic N) is 6. The van der Waals surface area contributed by atoms with E-state index in [1.54, 1.807) is 6.21 Å². The van der Waals surface area contributed by atoms with Crippen molar-refractivity contribution in [3.8, 4) is 5.82 Å². The molecule has 1 unspecified atom stereocenters. The van der Waals surface area contributed by atoms with Gasteiger partial charge in [0.05, 0.1) is 6.61 Å². The second-order valence-electron chi connectivity index (χ2n) is 5.47. The summed E-state index contributed by atoms with van der Waals surface area (Å²) in [5.41, 5.74) is 8.57. The largest absolute Gasteiger partial charge is 0.378 e. The van der Waals surface area contributed by atoms with Gasteiger partial charge < -0.3 is 10.5 Å². The minimum atomic E-state index is -0.512. The molecule has 1 atom stereocenters. The van der Waals surface area contributed by atoms with Gasteiger partial charge in [0.15, 0.2) is 5.69 Å². The zero-order chi connectivity index (χ0) is 17.6. The number of hydrazone groups is 1. The van der Waals surface area contributed by atoms with Gasteiger partial charge in [0.1, 0.15) is 5.69 Å². The molecule has 1 amide bonds. The molecular formula is C14H18N8O3. The highest BCUT2D eigenvalue weighted by Gasteiger charge is 2.24. The van der Waals surface area contributed by atoms with Gasteiger partial charge in [-0.3, -0.25) is 4.79 Å². The first-order valence-corrected chi connectivity index (χ1v) is 7.71. The van der Waals surface area contributed by atoms with E-state index in [1.807, 2.05) is 0 Å². The van der Waals surface area contributed by atoms with E-state index in [0.717, 1.165) is 23.9 Å². The number of hydrogen-bond donors (Lipinski definition) is 2. The van der Waals surface area contributed by atoms with Crippen LogP contribution in [0.4, 0.5) is 5.82 Å². The molecule has 2 heterocycles. The van der Waals surface area contributed by atoms with E-state index in [-0.39, 0.29) is 23.9 Å². The summed E-state index contributed by atoms with van der Waals surface area (Å²) < 4.78 is 10.7. The van der Waals surface area contributed by atoms with Crippen LogP contribution in [0.1, 0.15) is 35.4 Å². The Bertz CT molecular complexity index is 794. The van der Waals surface area contributed by atoms with Gasteiger partial charge in [-0.1, -0.05) is 17.4 Å². The fraction of sp³-hybridized carbons (Fsp3) is 0.429. The molecule has 0 fully saturated rings. The molecule has 11 nitrogen and oxygen atoms in total. The first-order chi connectivity index (χ1) is 12.2. The Kier molecular flexibility index (Phi) is 5.14. The number of allylic oxidation sites excluding steroid dienone is 2. The van der Waals surface area contributed by atoms with E-state index < -0.39 is 5.91 Å². The first-order valence-electron chi connectivity index (χ1n) is 7.71. The van der Waals surface area contributed by atoms with Crippen molar-refractivity contribution < 1.29 is 14.2 Å². The van der Waals surface area contributed by atoms with E-state index in [1.165, 1.54) is 7.11 Å². The number of rotatable bonds is 6. The van der Waals surface area contributed by atoms with Crippen molar-refractivity contribution in [2.24, 2.45) is 11.0 Å². The third kappa shape index (κ3) is 3.71. The summed E-state index contributed by atoms with van der Waals surface area (Å²) in [4.78, 5) is 12.6. The van der Waals surface area contributed by atoms with Gasteiger partial charge in [-0.2, -0.15) is 9.78 Å². The lowest BCUT2D eigenvalue weighted by Crippen LogP contribution is -2.24. The van der Waals surface area contributed by atoms with Crippen molar-refractivity contribution in [1.82, 2.24) is 30.7 Å². The van der Waals surface area contributed by atoms with E-state index in [2.05, 4.69) is 47.9 Å². The van der Waals surface area contributed by atoms with Crippen molar-refractivity contribution in [2.75, 3.05) is 12.8 Å². The standard InChI is InChI=1S/C14H18N8O3/c1-24-8-10-11(22(21-17-10)13-12(15)19-25-20-13)14(23)18-16-7-9-5-3-2-4-6-9/h2-3,7,9H,4-6,8H2,1H3,(H2,15,19)(H,18,23)/b16-7+. The number of carbonyl (C=O) groups excluding carboxylic acids is 1. The van der Waals surface area contributed by atoms with Gasteiger partial charge in [0.25, 0.3) is 5.91 Å². The van der Waals surface area contributed by atoms with Gasteiger partial charge in [0, 0.05) is 13.3 Å². The number of anilines is 1. The number of nitrogens with two attached hydrogens (primary N) is 1. The third-order valence-electron chi connectivity index (χ3n) is 3.69. The molecule has 3 N–H and O–H groups in total. The Morgan fingerprint density at radius 3 is 3.12 bits per heavy atom. The fourth-order valence-electron chi connectivity index (χ4n) is 2.47. The summed E-state index contributed by atoms with van der Waals surface area (Å²) in [5.74, 6) is -0.147. The maximum absolute atomic E-state index is 12.6. The minimum absolute atomic E-state index is 0.0135. The summed E-state index contributed by atoms with van der Waals surface area (Å²) in [5, 5.41) is 19.0. The van der Waals surface area contributed by atoms with Gasteiger partial charge in [-0.05, 0) is 35.5 Å². The lowest BCUT2D eigenvalue weighted by atomic mass is 9.96. The number of methoxy groups -OCH3 is 1. The smallest absolute Gasteiger partial charge is 0.292 e. The number of nitrogen functional groups attached to an aromatic ring is 1. The highest BCUT2D eigenvalue weighted by molar-refractivity contribution is 5.94. The summed E-state index contributed by atoms with van der Waals surface area (Å²) in [6, 6.07) is 0. The summed E-state index contributed by atoms with van der Waals surface area (Å²) in [7, 11) is 1.49. The van der Waals surface area contributed by atoms with Gasteiger partial charge in [-0.25, -0.2) is 10.1 Å². The van der Waals surface area contributed by atoms with Crippen LogP contribution in [0.15, 0.2) is 21.9 Å². The molecule has 132 valence electrons. The van der Waals surface area contributed by atoms with Crippen LogP contribution in [-0.2, 0) is 11.3 Å². The molecular weight excluding hydrogens is 328 g/mol. The SMILES string of the molecule is COCc1nnn(-c2nonc2N)c1C(=O)N/N=C/C1CC=CCC1. The Balaban J connectivity index is 1.80. The quantitative estimate of drug-likeness (QED) is 0.435. The fourth-order valence-corrected chi connectivity index (χ4v) is 2.47. The van der Waals surface area contributed by atoms with Crippen molar-refractivity contribution in [3.63, 3.8) is 0 Å². The van der Waals surface area contributed by atoms with Crippen molar-refractivity contribution in [2.45, 2.75) is 25.9 Å². The molecule has 2 aromatic heterocycles. The number of ether oxygens (including phenoxy) is 1.